The van der Waals surface area contributed by atoms with E-state index in [1.54, 1.807) is 25.1 Å². The SMILES string of the molecule is Cc1noc(=O)c2ccc(NC(=O)C(O)(CC3CCCc4c(N)cccc43)C(F)(F)F)cc12. The van der Waals surface area contributed by atoms with Crippen LogP contribution >= 0.6 is 0 Å². The lowest BCUT2D eigenvalue weighted by atomic mass is 9.76. The lowest BCUT2D eigenvalue weighted by Crippen LogP contribution is -2.55. The first-order chi connectivity index (χ1) is 15.5. The van der Waals surface area contributed by atoms with Crippen LogP contribution in [0.1, 0.15) is 42.0 Å². The van der Waals surface area contributed by atoms with Crippen molar-refractivity contribution in [2.75, 3.05) is 11.1 Å². The summed E-state index contributed by atoms with van der Waals surface area (Å²) in [4.78, 5) is 24.6. The van der Waals surface area contributed by atoms with E-state index in [4.69, 9.17) is 5.73 Å². The Morgan fingerprint density at radius 3 is 2.76 bits per heavy atom. The Morgan fingerprint density at radius 2 is 2.03 bits per heavy atom. The van der Waals surface area contributed by atoms with Crippen LogP contribution in [0.25, 0.3) is 10.8 Å². The van der Waals surface area contributed by atoms with Crippen molar-refractivity contribution in [1.29, 1.82) is 0 Å². The van der Waals surface area contributed by atoms with E-state index in [0.717, 1.165) is 5.56 Å². The minimum Gasteiger partial charge on any atom is -0.398 e. The predicted molar refractivity (Wildman–Crippen MR) is 116 cm³/mol. The molecule has 1 aliphatic carbocycles. The number of nitrogen functional groups attached to an aromatic ring is 1. The second-order valence-corrected chi connectivity index (χ2v) is 8.34. The van der Waals surface area contributed by atoms with Gasteiger partial charge in [-0.25, -0.2) is 4.79 Å². The molecule has 33 heavy (non-hydrogen) atoms. The Labute approximate surface area is 186 Å². The lowest BCUT2D eigenvalue weighted by molar-refractivity contribution is -0.252. The molecule has 4 rings (SSSR count). The van der Waals surface area contributed by atoms with Gasteiger partial charge in [0.1, 0.15) is 0 Å². The van der Waals surface area contributed by atoms with Crippen LogP contribution in [-0.4, -0.2) is 27.9 Å². The third-order valence-corrected chi connectivity index (χ3v) is 6.21. The van der Waals surface area contributed by atoms with E-state index in [9.17, 15) is 27.9 Å². The van der Waals surface area contributed by atoms with Crippen molar-refractivity contribution in [2.24, 2.45) is 0 Å². The van der Waals surface area contributed by atoms with Crippen LogP contribution in [0.15, 0.2) is 45.7 Å². The fourth-order valence-corrected chi connectivity index (χ4v) is 4.42. The molecule has 2 unspecified atom stereocenters. The van der Waals surface area contributed by atoms with Crippen molar-refractivity contribution in [1.82, 2.24) is 5.16 Å². The second-order valence-electron chi connectivity index (χ2n) is 8.34. The first-order valence-electron chi connectivity index (χ1n) is 10.4. The number of aliphatic hydroxyl groups is 1. The summed E-state index contributed by atoms with van der Waals surface area (Å²) >= 11 is 0. The molecule has 1 aliphatic rings. The number of aromatic nitrogens is 1. The van der Waals surface area contributed by atoms with Crippen molar-refractivity contribution >= 4 is 28.1 Å². The zero-order valence-corrected chi connectivity index (χ0v) is 17.7. The maximum atomic E-state index is 14.0. The summed E-state index contributed by atoms with van der Waals surface area (Å²) < 4.78 is 46.7. The second kappa shape index (κ2) is 8.18. The van der Waals surface area contributed by atoms with E-state index >= 15 is 0 Å². The predicted octanol–water partition coefficient (Wildman–Crippen LogP) is 3.82. The smallest absolute Gasteiger partial charge is 0.398 e. The van der Waals surface area contributed by atoms with E-state index in [-0.39, 0.29) is 11.1 Å². The molecule has 174 valence electrons. The number of carbonyl (C=O) groups is 1. The van der Waals surface area contributed by atoms with E-state index < -0.39 is 35.6 Å². The monoisotopic (exact) mass is 461 g/mol. The number of hydrogen-bond acceptors (Lipinski definition) is 6. The van der Waals surface area contributed by atoms with Crippen LogP contribution in [0.2, 0.25) is 0 Å². The molecule has 0 aliphatic heterocycles. The van der Waals surface area contributed by atoms with Crippen LogP contribution in [0.5, 0.6) is 0 Å². The third-order valence-electron chi connectivity index (χ3n) is 6.21. The summed E-state index contributed by atoms with van der Waals surface area (Å²) in [6.45, 7) is 1.55. The van der Waals surface area contributed by atoms with Gasteiger partial charge in [-0.1, -0.05) is 17.3 Å². The summed E-state index contributed by atoms with van der Waals surface area (Å²) in [7, 11) is 0. The number of amides is 1. The number of alkyl halides is 3. The number of anilines is 2. The maximum absolute atomic E-state index is 14.0. The lowest BCUT2D eigenvalue weighted by Gasteiger charge is -2.35. The first-order valence-corrected chi connectivity index (χ1v) is 10.4. The summed E-state index contributed by atoms with van der Waals surface area (Å²) in [5.41, 5.74) is 3.82. The van der Waals surface area contributed by atoms with E-state index in [1.165, 1.54) is 18.2 Å². The van der Waals surface area contributed by atoms with Crippen LogP contribution < -0.4 is 16.7 Å². The quantitative estimate of drug-likeness (QED) is 0.509. The topological polar surface area (TPSA) is 118 Å². The van der Waals surface area contributed by atoms with Gasteiger partial charge in [0.05, 0.1) is 11.1 Å². The normalized spacial score (nSPS) is 17.9. The number of halogens is 3. The number of nitrogens with two attached hydrogens (primary N) is 1. The van der Waals surface area contributed by atoms with Gasteiger partial charge in [-0.05, 0) is 67.5 Å². The molecular formula is C23H22F3N3O4. The average molecular weight is 461 g/mol. The standard InChI is InChI=1S/C23H22F3N3O4/c1-12-18-10-14(8-9-17(18)20(30)33-29-12)28-21(31)22(32,23(24,25)26)11-13-4-2-6-16-15(13)5-3-7-19(16)27/h3,5,7-10,13,32H,2,4,6,11,27H2,1H3,(H,28,31). The minimum atomic E-state index is -5.22. The zero-order chi connectivity index (χ0) is 24.0. The van der Waals surface area contributed by atoms with Gasteiger partial charge in [-0.15, -0.1) is 0 Å². The molecule has 1 amide bonds. The summed E-state index contributed by atoms with van der Waals surface area (Å²) in [5.74, 6) is -2.29. The van der Waals surface area contributed by atoms with Crippen molar-refractivity contribution in [2.45, 2.75) is 50.3 Å². The fraction of sp³-hybridized carbons (Fsp3) is 0.348. The molecular weight excluding hydrogens is 439 g/mol. The number of nitrogens with zero attached hydrogens (tertiary/aromatic N) is 1. The van der Waals surface area contributed by atoms with Crippen LogP contribution in [0.4, 0.5) is 24.5 Å². The number of nitrogens with one attached hydrogen (secondary N) is 1. The van der Waals surface area contributed by atoms with Crippen molar-refractivity contribution < 1.29 is 27.6 Å². The largest absolute Gasteiger partial charge is 0.426 e. The number of aryl methyl sites for hydroxylation is 1. The highest BCUT2D eigenvalue weighted by molar-refractivity contribution is 5.99. The molecule has 0 spiro atoms. The molecule has 1 heterocycles. The number of benzene rings is 2. The van der Waals surface area contributed by atoms with E-state index in [1.807, 2.05) is 0 Å². The molecule has 4 N–H and O–H groups in total. The van der Waals surface area contributed by atoms with Gasteiger partial charge in [0.2, 0.25) is 5.60 Å². The molecule has 1 aromatic heterocycles. The molecule has 0 bridgehead atoms. The molecule has 7 nitrogen and oxygen atoms in total. The average Bonchev–Trinajstić information content (AvgIpc) is 2.76. The highest BCUT2D eigenvalue weighted by atomic mass is 19.4. The Balaban J connectivity index is 1.66. The summed E-state index contributed by atoms with van der Waals surface area (Å²) in [6.07, 6.45) is -4.44. The van der Waals surface area contributed by atoms with Crippen molar-refractivity contribution in [3.63, 3.8) is 0 Å². The van der Waals surface area contributed by atoms with Gasteiger partial charge in [0.25, 0.3) is 5.91 Å². The molecule has 3 aromatic rings. The highest BCUT2D eigenvalue weighted by Crippen LogP contribution is 2.44. The molecule has 0 fully saturated rings. The number of rotatable bonds is 4. The van der Waals surface area contributed by atoms with Gasteiger partial charge < -0.3 is 20.7 Å². The van der Waals surface area contributed by atoms with Crippen molar-refractivity contribution in [3.8, 4) is 0 Å². The maximum Gasteiger partial charge on any atom is 0.426 e. The van der Waals surface area contributed by atoms with Crippen LogP contribution in [0.3, 0.4) is 0 Å². The van der Waals surface area contributed by atoms with Gasteiger partial charge in [-0.2, -0.15) is 13.2 Å². The third kappa shape index (κ3) is 4.06. The molecule has 2 aromatic carbocycles. The minimum absolute atomic E-state index is 0.0148. The highest BCUT2D eigenvalue weighted by Gasteiger charge is 2.60. The first kappa shape index (κ1) is 22.8. The van der Waals surface area contributed by atoms with Gasteiger partial charge in [0.15, 0.2) is 0 Å². The Morgan fingerprint density at radius 1 is 1.27 bits per heavy atom. The molecule has 2 atom stereocenters. The molecule has 0 saturated carbocycles. The molecule has 0 saturated heterocycles. The number of carbonyl (C=O) groups excluding carboxylic acids is 1. The van der Waals surface area contributed by atoms with Crippen LogP contribution in [-0.2, 0) is 11.2 Å². The van der Waals surface area contributed by atoms with Gasteiger partial charge in [0, 0.05) is 23.2 Å². The Hall–Kier alpha value is -3.40. The summed E-state index contributed by atoms with van der Waals surface area (Å²) in [5, 5.41) is 16.9. The number of fused-ring (bicyclic) bond motifs is 2. The van der Waals surface area contributed by atoms with Crippen LogP contribution in [0, 0.1) is 6.92 Å². The van der Waals surface area contributed by atoms with E-state index in [0.29, 0.717) is 41.6 Å². The Bertz CT molecular complexity index is 1290. The summed E-state index contributed by atoms with van der Waals surface area (Å²) in [6, 6.07) is 8.93. The number of hydrogen-bond donors (Lipinski definition) is 3. The molecule has 10 heteroatoms. The van der Waals surface area contributed by atoms with Gasteiger partial charge in [-0.3, -0.25) is 4.79 Å². The Kier molecular flexibility index (Phi) is 5.65. The molecule has 0 radical (unpaired) electrons. The van der Waals surface area contributed by atoms with Crippen molar-refractivity contribution in [3.05, 3.63) is 63.6 Å². The fourth-order valence-electron chi connectivity index (χ4n) is 4.42. The zero-order valence-electron chi connectivity index (χ0n) is 17.7. The van der Waals surface area contributed by atoms with Gasteiger partial charge >= 0.3 is 11.8 Å². The van der Waals surface area contributed by atoms with E-state index in [2.05, 4.69) is 15.0 Å².